The number of carbonyl (C=O) groups is 1. The molecule has 0 spiro atoms. The van der Waals surface area contributed by atoms with E-state index >= 15 is 0 Å². The van der Waals surface area contributed by atoms with Crippen molar-refractivity contribution in [2.75, 3.05) is 26.7 Å². The maximum absolute atomic E-state index is 12.3. The van der Waals surface area contributed by atoms with E-state index in [-0.39, 0.29) is 0 Å². The van der Waals surface area contributed by atoms with E-state index in [0.29, 0.717) is 42.5 Å². The van der Waals surface area contributed by atoms with Crippen LogP contribution in [0.3, 0.4) is 0 Å². The van der Waals surface area contributed by atoms with Crippen LogP contribution in [0.15, 0.2) is 0 Å². The molecule has 3 saturated heterocycles. The van der Waals surface area contributed by atoms with Gasteiger partial charge in [-0.3, -0.25) is 20.9 Å². The fraction of sp³-hybridized carbons (Fsp3) is 0.947. The van der Waals surface area contributed by atoms with Crippen LogP contribution in [0.25, 0.3) is 0 Å². The Kier molecular flexibility index (Phi) is 5.32. The average Bonchev–Trinajstić information content (AvgIpc) is 3.27. The van der Waals surface area contributed by atoms with E-state index in [4.69, 9.17) is 0 Å². The molecule has 5 atom stereocenters. The monoisotopic (exact) mass is 349 g/mol. The lowest BCUT2D eigenvalue weighted by Gasteiger charge is -2.46. The number of nitrogens with zero attached hydrogens (tertiary/aromatic N) is 2. The summed E-state index contributed by atoms with van der Waals surface area (Å²) in [5.74, 6) is 1.56. The first-order chi connectivity index (χ1) is 12.2. The molecule has 0 bridgehead atoms. The fourth-order valence-electron chi connectivity index (χ4n) is 5.57. The second kappa shape index (κ2) is 7.51. The van der Waals surface area contributed by atoms with Crippen molar-refractivity contribution in [3.63, 3.8) is 0 Å². The summed E-state index contributed by atoms with van der Waals surface area (Å²) in [5, 5.41) is 10.1. The Morgan fingerprint density at radius 3 is 2.52 bits per heavy atom. The van der Waals surface area contributed by atoms with Gasteiger partial charge in [0.15, 0.2) is 0 Å². The van der Waals surface area contributed by atoms with Gasteiger partial charge < -0.3 is 4.90 Å². The van der Waals surface area contributed by atoms with Crippen LogP contribution in [0.2, 0.25) is 0 Å². The van der Waals surface area contributed by atoms with E-state index in [1.165, 1.54) is 38.5 Å². The summed E-state index contributed by atoms with van der Waals surface area (Å²) in [4.78, 5) is 14.4. The predicted molar refractivity (Wildman–Crippen MR) is 98.7 cm³/mol. The van der Waals surface area contributed by atoms with Gasteiger partial charge in [0.25, 0.3) is 0 Å². The summed E-state index contributed by atoms with van der Waals surface area (Å²) >= 11 is 0. The number of nitrogens with one attached hydrogen (secondary N) is 3. The zero-order valence-electron chi connectivity index (χ0n) is 15.8. The quantitative estimate of drug-likeness (QED) is 0.707. The molecule has 0 aromatic carbocycles. The summed E-state index contributed by atoms with van der Waals surface area (Å²) in [6, 6.07) is 1.39. The molecule has 142 valence electrons. The standard InChI is InChI=1S/C19H35N5O/c1-3-17(25)24-11-14-16(12-24)20-19(13-7-5-4-6-8-13)21-18(14)15-9-10-23(2)22-15/h13-16,18-22H,3-12H2,1-2H3. The molecule has 3 heterocycles. The van der Waals surface area contributed by atoms with Crippen LogP contribution >= 0.6 is 0 Å². The van der Waals surface area contributed by atoms with Gasteiger partial charge in [-0.25, -0.2) is 5.01 Å². The third-order valence-corrected chi connectivity index (χ3v) is 6.96. The van der Waals surface area contributed by atoms with Gasteiger partial charge in [-0.1, -0.05) is 26.2 Å². The zero-order chi connectivity index (χ0) is 17.4. The maximum atomic E-state index is 12.3. The number of hydrogen-bond donors (Lipinski definition) is 3. The molecule has 25 heavy (non-hydrogen) atoms. The van der Waals surface area contributed by atoms with Crippen molar-refractivity contribution < 1.29 is 4.79 Å². The van der Waals surface area contributed by atoms with Crippen LogP contribution in [0.1, 0.15) is 51.9 Å². The van der Waals surface area contributed by atoms with Gasteiger partial charge in [0.2, 0.25) is 5.91 Å². The second-order valence-corrected chi connectivity index (χ2v) is 8.60. The molecule has 0 aromatic rings. The topological polar surface area (TPSA) is 59.6 Å². The first-order valence-corrected chi connectivity index (χ1v) is 10.4. The largest absolute Gasteiger partial charge is 0.341 e. The van der Waals surface area contributed by atoms with E-state index in [0.717, 1.165) is 25.6 Å². The minimum Gasteiger partial charge on any atom is -0.341 e. The van der Waals surface area contributed by atoms with Crippen LogP contribution in [0, 0.1) is 11.8 Å². The van der Waals surface area contributed by atoms with Crippen molar-refractivity contribution in [2.45, 2.75) is 76.2 Å². The van der Waals surface area contributed by atoms with Crippen molar-refractivity contribution in [1.29, 1.82) is 0 Å². The van der Waals surface area contributed by atoms with Crippen LogP contribution in [-0.4, -0.2) is 66.8 Å². The lowest BCUT2D eigenvalue weighted by molar-refractivity contribution is -0.130. The van der Waals surface area contributed by atoms with E-state index in [9.17, 15) is 4.79 Å². The third-order valence-electron chi connectivity index (χ3n) is 6.96. The Hall–Kier alpha value is -0.690. The third kappa shape index (κ3) is 3.59. The first-order valence-electron chi connectivity index (χ1n) is 10.4. The van der Waals surface area contributed by atoms with Crippen LogP contribution < -0.4 is 16.1 Å². The van der Waals surface area contributed by atoms with Crippen LogP contribution in [0.4, 0.5) is 0 Å². The Balaban J connectivity index is 1.51. The highest BCUT2D eigenvalue weighted by Crippen LogP contribution is 2.33. The van der Waals surface area contributed by atoms with Crippen molar-refractivity contribution in [3.05, 3.63) is 0 Å². The lowest BCUT2D eigenvalue weighted by atomic mass is 9.81. The Labute approximate surface area is 152 Å². The number of hydrogen-bond acceptors (Lipinski definition) is 5. The molecule has 3 aliphatic heterocycles. The number of likely N-dealkylation sites (tertiary alicyclic amines) is 1. The molecule has 5 unspecified atom stereocenters. The molecular weight excluding hydrogens is 314 g/mol. The summed E-state index contributed by atoms with van der Waals surface area (Å²) in [6.07, 6.45) is 9.03. The summed E-state index contributed by atoms with van der Waals surface area (Å²) in [6.45, 7) is 4.88. The molecule has 4 rings (SSSR count). The normalized spacial score (nSPS) is 40.4. The lowest BCUT2D eigenvalue weighted by Crippen LogP contribution is -2.69. The average molecular weight is 350 g/mol. The highest BCUT2D eigenvalue weighted by atomic mass is 16.2. The van der Waals surface area contributed by atoms with Gasteiger partial charge in [0, 0.05) is 57.1 Å². The van der Waals surface area contributed by atoms with Gasteiger partial charge in [-0.15, -0.1) is 0 Å². The molecular formula is C19H35N5O. The van der Waals surface area contributed by atoms with Gasteiger partial charge in [-0.2, -0.15) is 0 Å². The predicted octanol–water partition coefficient (Wildman–Crippen LogP) is 0.900. The van der Waals surface area contributed by atoms with Gasteiger partial charge in [0.05, 0.1) is 6.17 Å². The number of amides is 1. The highest BCUT2D eigenvalue weighted by molar-refractivity contribution is 5.76. The van der Waals surface area contributed by atoms with Crippen molar-refractivity contribution in [1.82, 2.24) is 26.0 Å². The Morgan fingerprint density at radius 2 is 1.84 bits per heavy atom. The van der Waals surface area contributed by atoms with Gasteiger partial charge in [-0.05, 0) is 25.2 Å². The number of rotatable bonds is 3. The number of carbonyl (C=O) groups excluding carboxylic acids is 1. The number of fused-ring (bicyclic) bond motifs is 1. The molecule has 0 radical (unpaired) electrons. The smallest absolute Gasteiger partial charge is 0.222 e. The summed E-state index contributed by atoms with van der Waals surface area (Å²) < 4.78 is 0. The highest BCUT2D eigenvalue weighted by Gasteiger charge is 2.48. The molecule has 4 fully saturated rings. The summed E-state index contributed by atoms with van der Waals surface area (Å²) in [5.41, 5.74) is 3.66. The van der Waals surface area contributed by atoms with Gasteiger partial charge >= 0.3 is 0 Å². The molecule has 6 heteroatoms. The van der Waals surface area contributed by atoms with Crippen LogP contribution in [-0.2, 0) is 4.79 Å². The van der Waals surface area contributed by atoms with Crippen molar-refractivity contribution >= 4 is 5.91 Å². The molecule has 1 amide bonds. The summed E-state index contributed by atoms with van der Waals surface area (Å²) in [7, 11) is 2.14. The SMILES string of the molecule is CCC(=O)N1CC2NC(C3CCCCC3)NC(C3CCN(C)N3)C2C1. The molecule has 1 aliphatic carbocycles. The molecule has 4 aliphatic rings. The van der Waals surface area contributed by atoms with Gasteiger partial charge in [0.1, 0.15) is 0 Å². The van der Waals surface area contributed by atoms with Crippen molar-refractivity contribution in [3.8, 4) is 0 Å². The van der Waals surface area contributed by atoms with Crippen molar-refractivity contribution in [2.24, 2.45) is 11.8 Å². The Morgan fingerprint density at radius 1 is 1.04 bits per heavy atom. The Bertz CT molecular complexity index is 480. The first kappa shape index (κ1) is 17.7. The van der Waals surface area contributed by atoms with E-state index in [1.54, 1.807) is 0 Å². The van der Waals surface area contributed by atoms with Crippen LogP contribution in [0.5, 0.6) is 0 Å². The zero-order valence-corrected chi connectivity index (χ0v) is 15.8. The molecule has 3 N–H and O–H groups in total. The van der Waals surface area contributed by atoms with E-state index < -0.39 is 0 Å². The minimum absolute atomic E-state index is 0.306. The second-order valence-electron chi connectivity index (χ2n) is 8.60. The number of hydrazine groups is 1. The molecule has 0 aromatic heterocycles. The fourth-order valence-corrected chi connectivity index (χ4v) is 5.57. The van der Waals surface area contributed by atoms with E-state index in [2.05, 4.69) is 33.0 Å². The maximum Gasteiger partial charge on any atom is 0.222 e. The minimum atomic E-state index is 0.306. The molecule has 6 nitrogen and oxygen atoms in total. The molecule has 1 saturated carbocycles. The van der Waals surface area contributed by atoms with E-state index in [1.807, 2.05) is 6.92 Å².